The molecule has 2 aromatic rings. The molecule has 1 amide bonds. The van der Waals surface area contributed by atoms with E-state index in [9.17, 15) is 4.79 Å². The van der Waals surface area contributed by atoms with Crippen molar-refractivity contribution in [1.29, 1.82) is 0 Å². The first kappa shape index (κ1) is 13.5. The Hall–Kier alpha value is -1.88. The van der Waals surface area contributed by atoms with E-state index in [2.05, 4.69) is 36.3 Å². The molecular formula is C14H20N4O. The van der Waals surface area contributed by atoms with E-state index in [1.165, 1.54) is 11.1 Å². The maximum Gasteiger partial charge on any atom is 0.239 e. The number of carbonyl (C=O) groups excluding carboxylic acids is 1. The van der Waals surface area contributed by atoms with Crippen LogP contribution in [-0.2, 0) is 11.3 Å². The Morgan fingerprint density at radius 2 is 2.05 bits per heavy atom. The van der Waals surface area contributed by atoms with Gasteiger partial charge in [0, 0.05) is 0 Å². The second-order valence-electron chi connectivity index (χ2n) is 5.24. The normalized spacial score (nSPS) is 14.5. The molecule has 0 radical (unpaired) electrons. The molecule has 0 fully saturated rings. The Balaban J connectivity index is 2.47. The molecule has 1 aromatic carbocycles. The van der Waals surface area contributed by atoms with Crippen LogP contribution >= 0.6 is 0 Å². The Morgan fingerprint density at radius 3 is 2.63 bits per heavy atom. The Bertz CT molecular complexity index is 632. The van der Waals surface area contributed by atoms with E-state index in [-0.39, 0.29) is 5.91 Å². The number of nitrogens with two attached hydrogens (primary N) is 1. The number of carbonyl (C=O) groups is 1. The second-order valence-corrected chi connectivity index (χ2v) is 5.24. The number of rotatable bonds is 4. The van der Waals surface area contributed by atoms with Gasteiger partial charge in [-0.15, -0.1) is 0 Å². The van der Waals surface area contributed by atoms with E-state index in [4.69, 9.17) is 5.73 Å². The van der Waals surface area contributed by atoms with E-state index < -0.39 is 5.54 Å². The van der Waals surface area contributed by atoms with Crippen molar-refractivity contribution in [3.8, 4) is 0 Å². The Morgan fingerprint density at radius 1 is 1.42 bits per heavy atom. The molecule has 0 saturated carbocycles. The van der Waals surface area contributed by atoms with Crippen LogP contribution in [-0.4, -0.2) is 28.0 Å². The molecule has 0 aliphatic rings. The zero-order valence-corrected chi connectivity index (χ0v) is 11.8. The minimum Gasteiger partial charge on any atom is -0.368 e. The number of aromatic nitrogens is 2. The molecule has 1 atom stereocenters. The molecule has 2 rings (SSSR count). The van der Waals surface area contributed by atoms with Crippen LogP contribution in [0.3, 0.4) is 0 Å². The highest BCUT2D eigenvalue weighted by Gasteiger charge is 2.30. The fourth-order valence-electron chi connectivity index (χ4n) is 2.06. The molecule has 0 aliphatic heterocycles. The number of likely N-dealkylation sites (N-methyl/N-ethyl adjacent to an activating group) is 1. The monoisotopic (exact) mass is 260 g/mol. The molecule has 5 heteroatoms. The smallest absolute Gasteiger partial charge is 0.239 e. The van der Waals surface area contributed by atoms with Crippen molar-refractivity contribution in [3.63, 3.8) is 0 Å². The van der Waals surface area contributed by atoms with Gasteiger partial charge in [-0.25, -0.2) is 4.98 Å². The topological polar surface area (TPSA) is 72.9 Å². The molecule has 0 spiro atoms. The van der Waals surface area contributed by atoms with Crippen LogP contribution < -0.4 is 11.1 Å². The van der Waals surface area contributed by atoms with Crippen LogP contribution in [0.15, 0.2) is 18.5 Å². The Kier molecular flexibility index (Phi) is 3.32. The molecule has 5 nitrogen and oxygen atoms in total. The number of aryl methyl sites for hydroxylation is 2. The van der Waals surface area contributed by atoms with E-state index in [1.54, 1.807) is 20.3 Å². The third kappa shape index (κ3) is 2.33. The third-order valence-corrected chi connectivity index (χ3v) is 3.82. The van der Waals surface area contributed by atoms with Gasteiger partial charge in [0.2, 0.25) is 5.91 Å². The SMILES string of the molecule is CNC(C)(Cn1cnc2cc(C)c(C)cc21)C(N)=O. The second kappa shape index (κ2) is 4.66. The maximum atomic E-state index is 11.6. The number of benzene rings is 1. The minimum absolute atomic E-state index is 0.374. The van der Waals surface area contributed by atoms with Gasteiger partial charge < -0.3 is 15.6 Å². The number of hydrogen-bond acceptors (Lipinski definition) is 3. The summed E-state index contributed by atoms with van der Waals surface area (Å²) < 4.78 is 1.96. The van der Waals surface area contributed by atoms with E-state index in [1.807, 2.05) is 4.57 Å². The van der Waals surface area contributed by atoms with Gasteiger partial charge in [0.15, 0.2) is 0 Å². The van der Waals surface area contributed by atoms with Crippen molar-refractivity contribution in [1.82, 2.24) is 14.9 Å². The quantitative estimate of drug-likeness (QED) is 0.865. The number of imidazole rings is 1. The zero-order valence-electron chi connectivity index (χ0n) is 11.8. The largest absolute Gasteiger partial charge is 0.368 e. The van der Waals surface area contributed by atoms with Gasteiger partial charge in [-0.1, -0.05) is 0 Å². The molecule has 102 valence electrons. The average molecular weight is 260 g/mol. The number of nitrogens with one attached hydrogen (secondary N) is 1. The van der Waals surface area contributed by atoms with E-state index in [0.29, 0.717) is 6.54 Å². The number of hydrogen-bond donors (Lipinski definition) is 2. The summed E-state index contributed by atoms with van der Waals surface area (Å²) in [6.45, 7) is 6.38. The van der Waals surface area contributed by atoms with Crippen molar-refractivity contribution in [3.05, 3.63) is 29.6 Å². The highest BCUT2D eigenvalue weighted by atomic mass is 16.1. The summed E-state index contributed by atoms with van der Waals surface area (Å²) in [6, 6.07) is 4.15. The Labute approximate surface area is 112 Å². The van der Waals surface area contributed by atoms with Gasteiger partial charge >= 0.3 is 0 Å². The van der Waals surface area contributed by atoms with Gasteiger partial charge in [0.05, 0.1) is 23.9 Å². The summed E-state index contributed by atoms with van der Waals surface area (Å²) in [5, 5.41) is 2.98. The maximum absolute atomic E-state index is 11.6. The molecule has 0 aliphatic carbocycles. The molecule has 0 bridgehead atoms. The number of primary amides is 1. The summed E-state index contributed by atoms with van der Waals surface area (Å²) in [7, 11) is 1.74. The number of amides is 1. The van der Waals surface area contributed by atoms with Crippen molar-refractivity contribution in [2.24, 2.45) is 5.73 Å². The number of fused-ring (bicyclic) bond motifs is 1. The minimum atomic E-state index is -0.785. The van der Waals surface area contributed by atoms with Crippen LogP contribution in [0.2, 0.25) is 0 Å². The standard InChI is InChI=1S/C14H20N4O/c1-9-5-11-12(6-10(9)2)18(8-17-11)7-14(3,16-4)13(15)19/h5-6,8,16H,7H2,1-4H3,(H2,15,19). The van der Waals surface area contributed by atoms with Crippen molar-refractivity contribution in [2.45, 2.75) is 32.9 Å². The first-order valence-corrected chi connectivity index (χ1v) is 6.28. The lowest BCUT2D eigenvalue weighted by atomic mass is 10.0. The highest BCUT2D eigenvalue weighted by molar-refractivity contribution is 5.84. The summed E-state index contributed by atoms with van der Waals surface area (Å²) in [6.07, 6.45) is 1.75. The van der Waals surface area contributed by atoms with E-state index in [0.717, 1.165) is 11.0 Å². The fourth-order valence-corrected chi connectivity index (χ4v) is 2.06. The van der Waals surface area contributed by atoms with Gasteiger partial charge in [-0.3, -0.25) is 4.79 Å². The van der Waals surface area contributed by atoms with Crippen LogP contribution in [0.1, 0.15) is 18.1 Å². The summed E-state index contributed by atoms with van der Waals surface area (Å²) >= 11 is 0. The third-order valence-electron chi connectivity index (χ3n) is 3.82. The highest BCUT2D eigenvalue weighted by Crippen LogP contribution is 2.20. The lowest BCUT2D eigenvalue weighted by Crippen LogP contribution is -2.54. The van der Waals surface area contributed by atoms with Crippen LogP contribution in [0, 0.1) is 13.8 Å². The van der Waals surface area contributed by atoms with Gasteiger partial charge in [-0.2, -0.15) is 0 Å². The number of nitrogens with zero attached hydrogens (tertiary/aromatic N) is 2. The molecule has 3 N–H and O–H groups in total. The van der Waals surface area contributed by atoms with Crippen molar-refractivity contribution >= 4 is 16.9 Å². The van der Waals surface area contributed by atoms with Crippen LogP contribution in [0.5, 0.6) is 0 Å². The lowest BCUT2D eigenvalue weighted by molar-refractivity contribution is -0.124. The fraction of sp³-hybridized carbons (Fsp3) is 0.429. The first-order valence-electron chi connectivity index (χ1n) is 6.28. The summed E-state index contributed by atoms with van der Waals surface area (Å²) in [5.41, 5.74) is 9.05. The molecule has 0 saturated heterocycles. The zero-order chi connectivity index (χ0) is 14.2. The molecular weight excluding hydrogens is 240 g/mol. The molecule has 19 heavy (non-hydrogen) atoms. The first-order chi connectivity index (χ1) is 8.87. The lowest BCUT2D eigenvalue weighted by Gasteiger charge is -2.26. The van der Waals surface area contributed by atoms with Gasteiger partial charge in [-0.05, 0) is 51.1 Å². The molecule has 1 heterocycles. The predicted octanol–water partition coefficient (Wildman–Crippen LogP) is 1.12. The van der Waals surface area contributed by atoms with Crippen LogP contribution in [0.4, 0.5) is 0 Å². The van der Waals surface area contributed by atoms with Gasteiger partial charge in [0.25, 0.3) is 0 Å². The van der Waals surface area contributed by atoms with Gasteiger partial charge in [0.1, 0.15) is 5.54 Å². The molecule has 1 aromatic heterocycles. The van der Waals surface area contributed by atoms with Crippen molar-refractivity contribution < 1.29 is 4.79 Å². The summed E-state index contributed by atoms with van der Waals surface area (Å²) in [4.78, 5) is 15.9. The molecule has 1 unspecified atom stereocenters. The predicted molar refractivity (Wildman–Crippen MR) is 75.9 cm³/mol. The van der Waals surface area contributed by atoms with Crippen molar-refractivity contribution in [2.75, 3.05) is 7.05 Å². The van der Waals surface area contributed by atoms with E-state index >= 15 is 0 Å². The summed E-state index contributed by atoms with van der Waals surface area (Å²) in [5.74, 6) is -0.374. The van der Waals surface area contributed by atoms with Crippen LogP contribution in [0.25, 0.3) is 11.0 Å². The average Bonchev–Trinajstić information content (AvgIpc) is 2.72.